The molecule has 1 nitrogen and oxygen atoms in total. The quantitative estimate of drug-likeness (QED) is 0.485. The van der Waals surface area contributed by atoms with E-state index in [0.717, 1.165) is 13.1 Å². The Morgan fingerprint density at radius 1 is 0.720 bits per heavy atom. The smallest absolute Gasteiger partial charge is 0.0287 e. The van der Waals surface area contributed by atoms with Crippen molar-refractivity contribution in [2.45, 2.75) is 53.2 Å². The first-order chi connectivity index (χ1) is 12.0. The number of benzene rings is 2. The van der Waals surface area contributed by atoms with Crippen LogP contribution in [0.15, 0.2) is 72.8 Å². The highest BCUT2D eigenvalue weighted by atomic mass is 15.1. The van der Waals surface area contributed by atoms with Crippen LogP contribution in [0, 0.1) is 11.8 Å². The number of allylic oxidation sites excluding steroid dienone is 1. The van der Waals surface area contributed by atoms with Crippen molar-refractivity contribution in [2.24, 2.45) is 11.8 Å². The highest BCUT2D eigenvalue weighted by Crippen LogP contribution is 2.20. The van der Waals surface area contributed by atoms with Gasteiger partial charge in [-0.15, -0.1) is 0 Å². The molecule has 0 fully saturated rings. The van der Waals surface area contributed by atoms with E-state index >= 15 is 0 Å². The second-order valence-corrected chi connectivity index (χ2v) is 7.70. The van der Waals surface area contributed by atoms with Crippen molar-refractivity contribution in [2.75, 3.05) is 0 Å². The van der Waals surface area contributed by atoms with Crippen molar-refractivity contribution in [3.05, 3.63) is 83.9 Å². The molecule has 0 N–H and O–H groups in total. The molecule has 0 saturated carbocycles. The molecule has 0 unspecified atom stereocenters. The summed E-state index contributed by atoms with van der Waals surface area (Å²) in [7, 11) is 0. The standard InChI is InChI=1S/C24H33N/c1-20(2)15-16-24(17-21(3)4)25(18-22-11-7-5-8-12-22)19-23-13-9-6-10-14-23/h5-16,20-21,24H,17-19H2,1-4H3/b16-15+/t24-/m1/s1. The van der Waals surface area contributed by atoms with E-state index in [2.05, 4.69) is 105 Å². The zero-order valence-electron chi connectivity index (χ0n) is 16.2. The molecular formula is C24H33N. The summed E-state index contributed by atoms with van der Waals surface area (Å²) in [4.78, 5) is 2.61. The summed E-state index contributed by atoms with van der Waals surface area (Å²) in [5.74, 6) is 1.26. The number of hydrogen-bond donors (Lipinski definition) is 0. The normalized spacial score (nSPS) is 13.2. The average Bonchev–Trinajstić information content (AvgIpc) is 2.59. The van der Waals surface area contributed by atoms with Gasteiger partial charge in [0.1, 0.15) is 0 Å². The van der Waals surface area contributed by atoms with Gasteiger partial charge in [0.25, 0.3) is 0 Å². The molecule has 0 aromatic heterocycles. The summed E-state index contributed by atoms with van der Waals surface area (Å²) < 4.78 is 0. The van der Waals surface area contributed by atoms with Crippen molar-refractivity contribution >= 4 is 0 Å². The van der Waals surface area contributed by atoms with Crippen LogP contribution in [0.2, 0.25) is 0 Å². The van der Waals surface area contributed by atoms with Gasteiger partial charge in [-0.25, -0.2) is 0 Å². The van der Waals surface area contributed by atoms with Crippen LogP contribution in [0.3, 0.4) is 0 Å². The van der Waals surface area contributed by atoms with Gasteiger partial charge >= 0.3 is 0 Å². The maximum Gasteiger partial charge on any atom is 0.0287 e. The molecule has 0 aliphatic rings. The monoisotopic (exact) mass is 335 g/mol. The fourth-order valence-electron chi connectivity index (χ4n) is 3.11. The minimum absolute atomic E-state index is 0.461. The van der Waals surface area contributed by atoms with Crippen molar-refractivity contribution < 1.29 is 0 Å². The van der Waals surface area contributed by atoms with E-state index in [4.69, 9.17) is 0 Å². The lowest BCUT2D eigenvalue weighted by Gasteiger charge is -2.31. The number of hydrogen-bond acceptors (Lipinski definition) is 1. The Bertz CT molecular complexity index is 572. The third-order valence-electron chi connectivity index (χ3n) is 4.36. The Balaban J connectivity index is 2.25. The van der Waals surface area contributed by atoms with Crippen LogP contribution in [0.1, 0.15) is 45.2 Å². The second kappa shape index (κ2) is 10.2. The van der Waals surface area contributed by atoms with Crippen LogP contribution in [-0.4, -0.2) is 10.9 Å². The van der Waals surface area contributed by atoms with Gasteiger partial charge in [-0.3, -0.25) is 4.90 Å². The van der Waals surface area contributed by atoms with Gasteiger partial charge in [0.05, 0.1) is 0 Å². The molecular weight excluding hydrogens is 302 g/mol. The van der Waals surface area contributed by atoms with Crippen molar-refractivity contribution in [3.8, 4) is 0 Å². The van der Waals surface area contributed by atoms with E-state index < -0.39 is 0 Å². The molecule has 2 aromatic rings. The van der Waals surface area contributed by atoms with Gasteiger partial charge in [-0.05, 0) is 29.4 Å². The molecule has 25 heavy (non-hydrogen) atoms. The van der Waals surface area contributed by atoms with Gasteiger partial charge in [0.15, 0.2) is 0 Å². The Labute approximate surface area is 154 Å². The first-order valence-electron chi connectivity index (χ1n) is 9.55. The van der Waals surface area contributed by atoms with Crippen molar-refractivity contribution in [1.82, 2.24) is 4.90 Å². The highest BCUT2D eigenvalue weighted by Gasteiger charge is 2.18. The summed E-state index contributed by atoms with van der Waals surface area (Å²) in [5.41, 5.74) is 2.76. The zero-order chi connectivity index (χ0) is 18.1. The Hall–Kier alpha value is -1.86. The van der Waals surface area contributed by atoms with E-state index in [1.165, 1.54) is 17.5 Å². The topological polar surface area (TPSA) is 3.24 Å². The Morgan fingerprint density at radius 3 is 1.60 bits per heavy atom. The molecule has 0 amide bonds. The summed E-state index contributed by atoms with van der Waals surface area (Å²) in [6.45, 7) is 11.1. The van der Waals surface area contributed by atoms with E-state index in [-0.39, 0.29) is 0 Å². The maximum absolute atomic E-state index is 2.61. The molecule has 0 aliphatic carbocycles. The predicted octanol–water partition coefficient (Wildman–Crippen LogP) is 6.32. The van der Waals surface area contributed by atoms with Gasteiger partial charge < -0.3 is 0 Å². The molecule has 0 bridgehead atoms. The zero-order valence-corrected chi connectivity index (χ0v) is 16.2. The molecule has 0 spiro atoms. The van der Waals surface area contributed by atoms with Crippen LogP contribution in [-0.2, 0) is 13.1 Å². The first kappa shape index (κ1) is 19.5. The van der Waals surface area contributed by atoms with Gasteiger partial charge in [-0.1, -0.05) is 101 Å². The molecule has 2 rings (SSSR count). The summed E-state index contributed by atoms with van der Waals surface area (Å²) in [5, 5.41) is 0. The van der Waals surface area contributed by atoms with Crippen molar-refractivity contribution in [3.63, 3.8) is 0 Å². The second-order valence-electron chi connectivity index (χ2n) is 7.70. The molecule has 0 heterocycles. The van der Waals surface area contributed by atoms with Gasteiger partial charge in [-0.2, -0.15) is 0 Å². The summed E-state index contributed by atoms with van der Waals surface area (Å²) in [6.07, 6.45) is 5.97. The number of rotatable bonds is 9. The predicted molar refractivity (Wildman–Crippen MR) is 109 cm³/mol. The van der Waals surface area contributed by atoms with E-state index in [1.54, 1.807) is 0 Å². The Morgan fingerprint density at radius 2 is 1.20 bits per heavy atom. The molecule has 2 aromatic carbocycles. The fourth-order valence-corrected chi connectivity index (χ4v) is 3.11. The maximum atomic E-state index is 2.61. The molecule has 1 atom stereocenters. The summed E-state index contributed by atoms with van der Waals surface area (Å²) >= 11 is 0. The van der Waals surface area contributed by atoms with Crippen LogP contribution >= 0.6 is 0 Å². The van der Waals surface area contributed by atoms with E-state index in [1.807, 2.05) is 0 Å². The SMILES string of the molecule is CC(C)/C=C/[C@H](CC(C)C)N(Cc1ccccc1)Cc1ccccc1. The largest absolute Gasteiger partial charge is 0.288 e. The van der Waals surface area contributed by atoms with Gasteiger partial charge in [0.2, 0.25) is 0 Å². The minimum atomic E-state index is 0.461. The van der Waals surface area contributed by atoms with Crippen LogP contribution in [0.4, 0.5) is 0 Å². The van der Waals surface area contributed by atoms with Gasteiger partial charge in [0, 0.05) is 19.1 Å². The Kier molecular flexibility index (Phi) is 7.94. The lowest BCUT2D eigenvalue weighted by atomic mass is 9.99. The molecule has 0 radical (unpaired) electrons. The number of nitrogens with zero attached hydrogens (tertiary/aromatic N) is 1. The first-order valence-corrected chi connectivity index (χ1v) is 9.55. The van der Waals surface area contributed by atoms with E-state index in [9.17, 15) is 0 Å². The third kappa shape index (κ3) is 7.27. The van der Waals surface area contributed by atoms with E-state index in [0.29, 0.717) is 17.9 Å². The highest BCUT2D eigenvalue weighted by molar-refractivity contribution is 5.18. The van der Waals surface area contributed by atoms with Crippen LogP contribution in [0.5, 0.6) is 0 Å². The summed E-state index contributed by atoms with van der Waals surface area (Å²) in [6, 6.07) is 22.1. The average molecular weight is 336 g/mol. The molecule has 134 valence electrons. The van der Waals surface area contributed by atoms with Crippen molar-refractivity contribution in [1.29, 1.82) is 0 Å². The lowest BCUT2D eigenvalue weighted by Crippen LogP contribution is -2.34. The molecule has 0 aliphatic heterocycles. The van der Waals surface area contributed by atoms with Crippen LogP contribution in [0.25, 0.3) is 0 Å². The molecule has 0 saturated heterocycles. The lowest BCUT2D eigenvalue weighted by molar-refractivity contribution is 0.189. The van der Waals surface area contributed by atoms with Crippen LogP contribution < -0.4 is 0 Å². The molecule has 1 heteroatoms. The minimum Gasteiger partial charge on any atom is -0.288 e. The fraction of sp³-hybridized carbons (Fsp3) is 0.417. The third-order valence-corrected chi connectivity index (χ3v) is 4.36.